The van der Waals surface area contributed by atoms with Crippen molar-refractivity contribution in [2.45, 2.75) is 167 Å². The molecule has 3 saturated heterocycles. The van der Waals surface area contributed by atoms with Crippen molar-refractivity contribution in [1.29, 1.82) is 0 Å². The van der Waals surface area contributed by atoms with Gasteiger partial charge in [-0.25, -0.2) is 0 Å². The number of ketones is 1. The number of carbonyl (C=O) groups excluding carboxylic acids is 2. The average molecular weight is 704 g/mol. The fraction of sp³-hybridized carbons (Fsp3) is 0.944. The second kappa shape index (κ2) is 17.5. The van der Waals surface area contributed by atoms with Crippen LogP contribution in [0.15, 0.2) is 0 Å². The molecule has 0 saturated carbocycles. The summed E-state index contributed by atoms with van der Waals surface area (Å²) in [4.78, 5) is 29.6. The van der Waals surface area contributed by atoms with Gasteiger partial charge in [-0.2, -0.15) is 0 Å². The Bertz CT molecular complexity index is 1070. The summed E-state index contributed by atoms with van der Waals surface area (Å²) in [6.45, 7) is 15.6. The van der Waals surface area contributed by atoms with Gasteiger partial charge in [-0.05, 0) is 61.1 Å². The van der Waals surface area contributed by atoms with Crippen LogP contribution in [0.25, 0.3) is 0 Å². The van der Waals surface area contributed by atoms with Gasteiger partial charge in [0, 0.05) is 43.2 Å². The molecular formula is C36H65NO12. The maximum Gasteiger partial charge on any atom is 0.311 e. The third kappa shape index (κ3) is 9.79. The Morgan fingerprint density at radius 3 is 2.08 bits per heavy atom. The van der Waals surface area contributed by atoms with Crippen LogP contribution in [-0.2, 0) is 38.0 Å². The Morgan fingerprint density at radius 1 is 0.878 bits per heavy atom. The van der Waals surface area contributed by atoms with Crippen molar-refractivity contribution in [3.05, 3.63) is 0 Å². The number of esters is 1. The Balaban J connectivity index is 2.13. The molecule has 49 heavy (non-hydrogen) atoms. The summed E-state index contributed by atoms with van der Waals surface area (Å²) in [6.07, 6.45) is -8.29. The maximum atomic E-state index is 14.0. The van der Waals surface area contributed by atoms with E-state index in [2.05, 4.69) is 0 Å². The second-order valence-corrected chi connectivity index (χ2v) is 15.5. The number of aliphatic hydroxyl groups excluding tert-OH is 3. The van der Waals surface area contributed by atoms with Crippen LogP contribution in [0.5, 0.6) is 0 Å². The second-order valence-electron chi connectivity index (χ2n) is 15.5. The number of hydrogen-bond donors (Lipinski definition) is 4. The standard InChI is InChI=1S/C36H65NO12/c1-13-25-19(4)29(39)20(5)28(38)17(2)16-36(9,43)33(49-35-31(41)24(37(10)11)14-18(3)45-35)21(6)32(22(7)34(42)47-25)48-27-15-26(44-12)30(40)23(8)46-27/h17-27,29-33,35,39-41,43H,13-16H2,1-12H3/t17-,18-,19+,20+,21+,22-,23+,24+,25?,26+,27+,29+,30+,31-,32?,33-,35+,36-/m1/s1. The first kappa shape index (κ1) is 42.2. The number of aliphatic hydroxyl groups is 4. The molecule has 3 aliphatic heterocycles. The van der Waals surface area contributed by atoms with Gasteiger partial charge in [0.25, 0.3) is 0 Å². The molecule has 0 aromatic carbocycles. The van der Waals surface area contributed by atoms with Crippen LogP contribution in [0, 0.1) is 29.6 Å². The van der Waals surface area contributed by atoms with Crippen molar-refractivity contribution in [3.8, 4) is 0 Å². The Labute approximate surface area is 292 Å². The molecule has 4 N–H and O–H groups in total. The molecule has 3 aliphatic rings. The molecule has 0 aliphatic carbocycles. The van der Waals surface area contributed by atoms with Crippen molar-refractivity contribution in [2.75, 3.05) is 21.2 Å². The van der Waals surface area contributed by atoms with Gasteiger partial charge in [0.05, 0.1) is 48.1 Å². The highest BCUT2D eigenvalue weighted by Crippen LogP contribution is 2.39. The molecular weight excluding hydrogens is 638 g/mol. The lowest BCUT2D eigenvalue weighted by Gasteiger charge is -2.48. The molecule has 18 atom stereocenters. The molecule has 0 amide bonds. The van der Waals surface area contributed by atoms with Crippen LogP contribution >= 0.6 is 0 Å². The van der Waals surface area contributed by atoms with Gasteiger partial charge in [-0.15, -0.1) is 0 Å². The highest BCUT2D eigenvalue weighted by Gasteiger charge is 2.51. The quantitative estimate of drug-likeness (QED) is 0.285. The van der Waals surface area contributed by atoms with Crippen LogP contribution in [0.2, 0.25) is 0 Å². The maximum absolute atomic E-state index is 14.0. The van der Waals surface area contributed by atoms with Gasteiger partial charge in [0.1, 0.15) is 24.1 Å². The summed E-state index contributed by atoms with van der Waals surface area (Å²) in [5, 5.41) is 45.7. The molecule has 0 spiro atoms. The van der Waals surface area contributed by atoms with E-state index in [1.165, 1.54) is 7.11 Å². The van der Waals surface area contributed by atoms with Crippen molar-refractivity contribution in [1.82, 2.24) is 4.90 Å². The van der Waals surface area contributed by atoms with Gasteiger partial charge in [0.15, 0.2) is 12.6 Å². The van der Waals surface area contributed by atoms with E-state index < -0.39 is 103 Å². The van der Waals surface area contributed by atoms with Crippen molar-refractivity contribution < 1.29 is 58.4 Å². The third-order valence-corrected chi connectivity index (χ3v) is 11.3. The van der Waals surface area contributed by atoms with Crippen molar-refractivity contribution in [2.24, 2.45) is 29.6 Å². The number of cyclic esters (lactones) is 1. The van der Waals surface area contributed by atoms with E-state index >= 15 is 0 Å². The zero-order valence-corrected chi connectivity index (χ0v) is 31.6. The predicted molar refractivity (Wildman–Crippen MR) is 180 cm³/mol. The van der Waals surface area contributed by atoms with Crippen LogP contribution < -0.4 is 0 Å². The van der Waals surface area contributed by atoms with Crippen molar-refractivity contribution in [3.63, 3.8) is 0 Å². The molecule has 13 nitrogen and oxygen atoms in total. The molecule has 0 aromatic rings. The minimum atomic E-state index is -1.71. The first-order chi connectivity index (χ1) is 22.7. The number of hydrogen-bond acceptors (Lipinski definition) is 13. The highest BCUT2D eigenvalue weighted by molar-refractivity contribution is 5.83. The molecule has 2 unspecified atom stereocenters. The number of Topliss-reactive ketones (excluding diaryl/α,β-unsaturated/α-hetero) is 1. The van der Waals surface area contributed by atoms with E-state index in [0.29, 0.717) is 12.8 Å². The van der Waals surface area contributed by atoms with Gasteiger partial charge >= 0.3 is 5.97 Å². The largest absolute Gasteiger partial charge is 0.462 e. The molecule has 13 heteroatoms. The van der Waals surface area contributed by atoms with E-state index in [1.807, 2.05) is 32.8 Å². The Hall–Kier alpha value is -1.26. The number of nitrogens with zero attached hydrogens (tertiary/aromatic N) is 1. The SMILES string of the molecule is CCC1OC(=O)[C@H](C)C(O[C@H]2C[C@H](OC)[C@@H](O)[C@H](C)O2)[C@H](C)[C@@H](O[C@@H]2O[C@H](C)C[C@H](N(C)C)[C@H]2O)[C@](C)(O)C[C@@H](C)C(=O)[C@H](C)[C@@H](O)[C@H]1C. The molecule has 3 fully saturated rings. The Morgan fingerprint density at radius 2 is 1.51 bits per heavy atom. The highest BCUT2D eigenvalue weighted by atomic mass is 16.7. The van der Waals surface area contributed by atoms with E-state index in [0.717, 1.165) is 0 Å². The normalized spacial score (nSPS) is 48.2. The van der Waals surface area contributed by atoms with E-state index in [4.69, 9.17) is 28.4 Å². The topological polar surface area (TPSA) is 174 Å². The van der Waals surface area contributed by atoms with Gasteiger partial charge in [-0.3, -0.25) is 9.59 Å². The van der Waals surface area contributed by atoms with E-state index in [1.54, 1.807) is 48.5 Å². The van der Waals surface area contributed by atoms with Gasteiger partial charge in [-0.1, -0.05) is 34.6 Å². The molecule has 0 bridgehead atoms. The summed E-state index contributed by atoms with van der Waals surface area (Å²) in [5.41, 5.74) is -1.71. The minimum Gasteiger partial charge on any atom is -0.462 e. The first-order valence-electron chi connectivity index (χ1n) is 18.1. The van der Waals surface area contributed by atoms with Crippen LogP contribution in [0.3, 0.4) is 0 Å². The minimum absolute atomic E-state index is 0.0422. The number of likely N-dealkylation sites (N-methyl/N-ethyl adjacent to an activating group) is 1. The van der Waals surface area contributed by atoms with Gasteiger partial charge < -0.3 is 53.7 Å². The lowest BCUT2D eigenvalue weighted by molar-refractivity contribution is -0.311. The molecule has 3 heterocycles. The lowest BCUT2D eigenvalue weighted by Crippen LogP contribution is -2.60. The third-order valence-electron chi connectivity index (χ3n) is 11.3. The summed E-state index contributed by atoms with van der Waals surface area (Å²) in [6, 6.07) is -0.293. The van der Waals surface area contributed by atoms with E-state index in [-0.39, 0.29) is 30.8 Å². The van der Waals surface area contributed by atoms with Crippen LogP contribution in [-0.4, -0.2) is 137 Å². The first-order valence-corrected chi connectivity index (χ1v) is 18.1. The molecule has 286 valence electrons. The fourth-order valence-corrected chi connectivity index (χ4v) is 8.09. The lowest BCUT2D eigenvalue weighted by atomic mass is 9.74. The molecule has 3 rings (SSSR count). The van der Waals surface area contributed by atoms with Crippen LogP contribution in [0.1, 0.15) is 88.0 Å². The molecule has 0 aromatic heterocycles. The Kier molecular flexibility index (Phi) is 15.1. The smallest absolute Gasteiger partial charge is 0.311 e. The predicted octanol–water partition coefficient (Wildman–Crippen LogP) is 2.28. The zero-order chi connectivity index (χ0) is 37.1. The summed E-state index contributed by atoms with van der Waals surface area (Å²) >= 11 is 0. The number of rotatable bonds is 7. The van der Waals surface area contributed by atoms with Crippen molar-refractivity contribution >= 4 is 11.8 Å². The monoisotopic (exact) mass is 703 g/mol. The molecule has 0 radical (unpaired) electrons. The number of methoxy groups -OCH3 is 1. The summed E-state index contributed by atoms with van der Waals surface area (Å²) < 4.78 is 36.9. The van der Waals surface area contributed by atoms with E-state index in [9.17, 15) is 30.0 Å². The summed E-state index contributed by atoms with van der Waals surface area (Å²) in [5.74, 6) is -4.55. The average Bonchev–Trinajstić information content (AvgIpc) is 3.04. The summed E-state index contributed by atoms with van der Waals surface area (Å²) in [7, 11) is 5.22. The number of carbonyl (C=O) groups is 2. The number of ether oxygens (including phenoxy) is 6. The van der Waals surface area contributed by atoms with Gasteiger partial charge in [0.2, 0.25) is 0 Å². The zero-order valence-electron chi connectivity index (χ0n) is 31.6. The van der Waals surface area contributed by atoms with Crippen LogP contribution in [0.4, 0.5) is 0 Å². The fourth-order valence-electron chi connectivity index (χ4n) is 8.09.